The second-order valence-corrected chi connectivity index (χ2v) is 4.05. The molecule has 0 amide bonds. The van der Waals surface area contributed by atoms with E-state index in [9.17, 15) is 4.79 Å². The molecule has 3 heteroatoms. The van der Waals surface area contributed by atoms with Crippen LogP contribution in [0.15, 0.2) is 0 Å². The summed E-state index contributed by atoms with van der Waals surface area (Å²) in [5.41, 5.74) is -0.509. The van der Waals surface area contributed by atoms with E-state index in [2.05, 4.69) is 11.8 Å². The van der Waals surface area contributed by atoms with Crippen molar-refractivity contribution in [2.45, 2.75) is 46.1 Å². The Bertz CT molecular complexity index is 178. The van der Waals surface area contributed by atoms with E-state index >= 15 is 0 Å². The van der Waals surface area contributed by atoms with Crippen LogP contribution in [0.25, 0.3) is 0 Å². The van der Waals surface area contributed by atoms with Crippen molar-refractivity contribution < 1.29 is 9.53 Å². The number of nitrogens with zero attached hydrogens (tertiary/aromatic N) is 1. The lowest BCUT2D eigenvalue weighted by atomic mass is 10.0. The van der Waals surface area contributed by atoms with E-state index in [4.69, 9.17) is 4.74 Å². The first-order valence-corrected chi connectivity index (χ1v) is 5.35. The average molecular weight is 201 g/mol. The summed E-state index contributed by atoms with van der Waals surface area (Å²) >= 11 is 0. The van der Waals surface area contributed by atoms with Crippen LogP contribution >= 0.6 is 0 Å². The summed E-state index contributed by atoms with van der Waals surface area (Å²) < 4.78 is 5.03. The van der Waals surface area contributed by atoms with Crippen molar-refractivity contribution in [2.75, 3.05) is 20.2 Å². The predicted octanol–water partition coefficient (Wildman–Crippen LogP) is 2.06. The van der Waals surface area contributed by atoms with Gasteiger partial charge in [0.05, 0.1) is 6.61 Å². The van der Waals surface area contributed by atoms with Gasteiger partial charge in [0.1, 0.15) is 5.54 Å². The Morgan fingerprint density at radius 2 is 1.93 bits per heavy atom. The van der Waals surface area contributed by atoms with E-state index in [0.717, 1.165) is 19.4 Å². The normalized spacial score (nSPS) is 11.9. The Labute approximate surface area is 87.4 Å². The summed E-state index contributed by atoms with van der Waals surface area (Å²) in [6, 6.07) is 0. The molecule has 84 valence electrons. The van der Waals surface area contributed by atoms with Gasteiger partial charge in [-0.1, -0.05) is 13.3 Å². The summed E-state index contributed by atoms with van der Waals surface area (Å²) in [5.74, 6) is -0.140. The molecule has 0 aromatic carbocycles. The minimum absolute atomic E-state index is 0.140. The van der Waals surface area contributed by atoms with Gasteiger partial charge in [-0.3, -0.25) is 9.69 Å². The summed E-state index contributed by atoms with van der Waals surface area (Å²) in [6.45, 7) is 9.17. The highest BCUT2D eigenvalue weighted by molar-refractivity contribution is 5.79. The molecule has 0 aliphatic carbocycles. The number of likely N-dealkylation sites (N-methyl/N-ethyl adjacent to an activating group) is 1. The minimum atomic E-state index is -0.509. The van der Waals surface area contributed by atoms with Crippen LogP contribution in [0.2, 0.25) is 0 Å². The van der Waals surface area contributed by atoms with Gasteiger partial charge in [0.2, 0.25) is 0 Å². The molecular formula is C11H23NO2. The lowest BCUT2D eigenvalue weighted by Crippen LogP contribution is -2.49. The molecule has 0 saturated heterocycles. The third kappa shape index (κ3) is 3.66. The lowest BCUT2D eigenvalue weighted by molar-refractivity contribution is -0.155. The quantitative estimate of drug-likeness (QED) is 0.616. The standard InChI is InChI=1S/C11H23NO2/c1-6-8-9-12(5)11(3,4)10(13)14-7-2/h6-9H2,1-5H3. The summed E-state index contributed by atoms with van der Waals surface area (Å²) in [5, 5.41) is 0. The SMILES string of the molecule is CCCCN(C)C(C)(C)C(=O)OCC. The maximum absolute atomic E-state index is 11.6. The number of unbranched alkanes of at least 4 members (excludes halogenated alkanes) is 1. The van der Waals surface area contributed by atoms with Crippen LogP contribution in [0, 0.1) is 0 Å². The molecule has 0 N–H and O–H groups in total. The van der Waals surface area contributed by atoms with Crippen molar-refractivity contribution in [1.82, 2.24) is 4.90 Å². The molecule has 0 spiro atoms. The number of rotatable bonds is 6. The zero-order chi connectivity index (χ0) is 11.2. The first-order valence-electron chi connectivity index (χ1n) is 5.35. The van der Waals surface area contributed by atoms with E-state index in [-0.39, 0.29) is 5.97 Å². The Morgan fingerprint density at radius 3 is 2.36 bits per heavy atom. The predicted molar refractivity (Wildman–Crippen MR) is 58.3 cm³/mol. The molecule has 0 bridgehead atoms. The fraction of sp³-hybridized carbons (Fsp3) is 0.909. The molecule has 0 rings (SSSR count). The van der Waals surface area contributed by atoms with Crippen molar-refractivity contribution >= 4 is 5.97 Å². The van der Waals surface area contributed by atoms with Crippen molar-refractivity contribution in [2.24, 2.45) is 0 Å². The van der Waals surface area contributed by atoms with E-state index < -0.39 is 5.54 Å². The molecule has 0 aliphatic heterocycles. The highest BCUT2D eigenvalue weighted by Crippen LogP contribution is 2.15. The number of hydrogen-bond donors (Lipinski definition) is 0. The van der Waals surface area contributed by atoms with Gasteiger partial charge >= 0.3 is 5.97 Å². The van der Waals surface area contributed by atoms with Crippen molar-refractivity contribution in [3.8, 4) is 0 Å². The number of carbonyl (C=O) groups excluding carboxylic acids is 1. The molecule has 0 unspecified atom stereocenters. The Balaban J connectivity index is 4.20. The number of esters is 1. The Hall–Kier alpha value is -0.570. The molecule has 0 heterocycles. The van der Waals surface area contributed by atoms with Crippen LogP contribution < -0.4 is 0 Å². The summed E-state index contributed by atoms with van der Waals surface area (Å²) in [7, 11) is 1.96. The molecule has 0 atom stereocenters. The maximum Gasteiger partial charge on any atom is 0.325 e. The second-order valence-electron chi connectivity index (χ2n) is 4.05. The average Bonchev–Trinajstić information content (AvgIpc) is 2.14. The van der Waals surface area contributed by atoms with Crippen LogP contribution in [0.1, 0.15) is 40.5 Å². The van der Waals surface area contributed by atoms with Gasteiger partial charge in [-0.25, -0.2) is 0 Å². The monoisotopic (exact) mass is 201 g/mol. The van der Waals surface area contributed by atoms with Gasteiger partial charge in [0.25, 0.3) is 0 Å². The summed E-state index contributed by atoms with van der Waals surface area (Å²) in [4.78, 5) is 13.7. The maximum atomic E-state index is 11.6. The van der Waals surface area contributed by atoms with E-state index in [0.29, 0.717) is 6.61 Å². The Kier molecular flexibility index (Phi) is 5.77. The number of carbonyl (C=O) groups is 1. The van der Waals surface area contributed by atoms with Crippen LogP contribution in [-0.2, 0) is 9.53 Å². The molecule has 0 radical (unpaired) electrons. The van der Waals surface area contributed by atoms with Crippen molar-refractivity contribution in [3.63, 3.8) is 0 Å². The van der Waals surface area contributed by atoms with Crippen LogP contribution in [0.3, 0.4) is 0 Å². The molecule has 0 aromatic heterocycles. The molecule has 3 nitrogen and oxygen atoms in total. The number of hydrogen-bond acceptors (Lipinski definition) is 3. The van der Waals surface area contributed by atoms with Crippen LogP contribution in [0.5, 0.6) is 0 Å². The highest BCUT2D eigenvalue weighted by Gasteiger charge is 2.33. The number of ether oxygens (including phenoxy) is 1. The largest absolute Gasteiger partial charge is 0.465 e. The van der Waals surface area contributed by atoms with Gasteiger partial charge < -0.3 is 4.74 Å². The first kappa shape index (κ1) is 13.4. The smallest absolute Gasteiger partial charge is 0.325 e. The third-order valence-corrected chi connectivity index (χ3v) is 2.58. The first-order chi connectivity index (χ1) is 6.46. The molecular weight excluding hydrogens is 178 g/mol. The Morgan fingerprint density at radius 1 is 1.36 bits per heavy atom. The van der Waals surface area contributed by atoms with Crippen LogP contribution in [-0.4, -0.2) is 36.6 Å². The van der Waals surface area contributed by atoms with Gasteiger partial charge in [-0.05, 0) is 40.8 Å². The second kappa shape index (κ2) is 6.02. The topological polar surface area (TPSA) is 29.5 Å². The van der Waals surface area contributed by atoms with E-state index in [1.54, 1.807) is 0 Å². The van der Waals surface area contributed by atoms with E-state index in [1.165, 1.54) is 0 Å². The fourth-order valence-corrected chi connectivity index (χ4v) is 1.14. The lowest BCUT2D eigenvalue weighted by Gasteiger charge is -2.33. The zero-order valence-corrected chi connectivity index (χ0v) is 10.1. The van der Waals surface area contributed by atoms with Crippen molar-refractivity contribution in [3.05, 3.63) is 0 Å². The van der Waals surface area contributed by atoms with Gasteiger partial charge in [-0.15, -0.1) is 0 Å². The summed E-state index contributed by atoms with van der Waals surface area (Å²) in [6.07, 6.45) is 2.25. The van der Waals surface area contributed by atoms with Crippen molar-refractivity contribution in [1.29, 1.82) is 0 Å². The van der Waals surface area contributed by atoms with Gasteiger partial charge in [-0.2, -0.15) is 0 Å². The fourth-order valence-electron chi connectivity index (χ4n) is 1.14. The molecule has 0 saturated carbocycles. The van der Waals surface area contributed by atoms with Crippen LogP contribution in [0.4, 0.5) is 0 Å². The molecule has 0 aromatic rings. The van der Waals surface area contributed by atoms with Gasteiger partial charge in [0, 0.05) is 0 Å². The highest BCUT2D eigenvalue weighted by atomic mass is 16.5. The minimum Gasteiger partial charge on any atom is -0.465 e. The van der Waals surface area contributed by atoms with E-state index in [1.807, 2.05) is 27.8 Å². The zero-order valence-electron chi connectivity index (χ0n) is 10.1. The van der Waals surface area contributed by atoms with Gasteiger partial charge in [0.15, 0.2) is 0 Å². The molecule has 0 fully saturated rings. The molecule has 0 aliphatic rings. The third-order valence-electron chi connectivity index (χ3n) is 2.58. The molecule has 14 heavy (non-hydrogen) atoms.